The van der Waals surface area contributed by atoms with E-state index in [0.717, 1.165) is 25.7 Å². The zero-order chi connectivity index (χ0) is 13.7. The molecule has 0 aromatic carbocycles. The number of nitrogens with one attached hydrogen (secondary N) is 2. The van der Waals surface area contributed by atoms with Gasteiger partial charge < -0.3 is 15.7 Å². The van der Waals surface area contributed by atoms with E-state index in [1.165, 1.54) is 0 Å². The van der Waals surface area contributed by atoms with Gasteiger partial charge in [0.2, 0.25) is 0 Å². The van der Waals surface area contributed by atoms with Crippen molar-refractivity contribution in [3.05, 3.63) is 12.2 Å². The summed E-state index contributed by atoms with van der Waals surface area (Å²) < 4.78 is 1.60. The summed E-state index contributed by atoms with van der Waals surface area (Å²) >= 11 is 0. The van der Waals surface area contributed by atoms with E-state index in [2.05, 4.69) is 20.7 Å². The van der Waals surface area contributed by atoms with Gasteiger partial charge in [0.15, 0.2) is 5.82 Å². The van der Waals surface area contributed by atoms with Crippen molar-refractivity contribution in [2.24, 2.45) is 13.0 Å². The number of urea groups is 1. The second kappa shape index (κ2) is 6.51. The van der Waals surface area contributed by atoms with Crippen LogP contribution in [0.4, 0.5) is 4.79 Å². The minimum Gasteiger partial charge on any atom is -0.396 e. The summed E-state index contributed by atoms with van der Waals surface area (Å²) in [5.41, 5.74) is 0. The smallest absolute Gasteiger partial charge is 0.315 e. The lowest BCUT2D eigenvalue weighted by atomic mass is 9.85. The van der Waals surface area contributed by atoms with E-state index in [-0.39, 0.29) is 24.6 Å². The first-order chi connectivity index (χ1) is 9.19. The molecule has 19 heavy (non-hydrogen) atoms. The Balaban J connectivity index is 1.77. The first-order valence-electron chi connectivity index (χ1n) is 6.69. The molecule has 0 bridgehead atoms. The number of amides is 2. The fourth-order valence-corrected chi connectivity index (χ4v) is 2.46. The molecule has 1 fully saturated rings. The van der Waals surface area contributed by atoms with Crippen molar-refractivity contribution in [1.29, 1.82) is 0 Å². The Morgan fingerprint density at radius 1 is 1.53 bits per heavy atom. The van der Waals surface area contributed by atoms with Crippen LogP contribution in [0.3, 0.4) is 0 Å². The topological polar surface area (TPSA) is 92.1 Å². The maximum atomic E-state index is 11.8. The molecule has 106 valence electrons. The van der Waals surface area contributed by atoms with Crippen LogP contribution in [-0.4, -0.2) is 38.6 Å². The third-order valence-corrected chi connectivity index (χ3v) is 3.51. The lowest BCUT2D eigenvalue weighted by Crippen LogP contribution is -2.47. The molecule has 1 saturated carbocycles. The van der Waals surface area contributed by atoms with Gasteiger partial charge in [-0.25, -0.2) is 9.78 Å². The van der Waals surface area contributed by atoms with E-state index in [4.69, 9.17) is 0 Å². The average Bonchev–Trinajstić information content (AvgIpc) is 2.83. The van der Waals surface area contributed by atoms with Gasteiger partial charge in [0.05, 0.1) is 6.54 Å². The zero-order valence-electron chi connectivity index (χ0n) is 11.2. The fraction of sp³-hybridized carbons (Fsp3) is 0.750. The Bertz CT molecular complexity index is 420. The van der Waals surface area contributed by atoms with Crippen LogP contribution in [0.2, 0.25) is 0 Å². The molecule has 0 aliphatic heterocycles. The van der Waals surface area contributed by atoms with Crippen LogP contribution < -0.4 is 10.6 Å². The van der Waals surface area contributed by atoms with Crippen LogP contribution in [0, 0.1) is 5.92 Å². The van der Waals surface area contributed by atoms with Gasteiger partial charge in [-0.2, -0.15) is 5.10 Å². The molecule has 7 nitrogen and oxygen atoms in total. The largest absolute Gasteiger partial charge is 0.396 e. The first kappa shape index (κ1) is 13.8. The van der Waals surface area contributed by atoms with E-state index in [1.54, 1.807) is 18.1 Å². The zero-order valence-corrected chi connectivity index (χ0v) is 11.2. The number of nitrogens with zero attached hydrogens (tertiary/aromatic N) is 3. The highest BCUT2D eigenvalue weighted by Crippen LogP contribution is 2.23. The maximum Gasteiger partial charge on any atom is 0.315 e. The maximum absolute atomic E-state index is 11.8. The standard InChI is InChI=1S/C12H21N5O2/c1-17-8-14-11(16-17)6-13-12(19)15-10-5-3-2-4-9(10)7-18/h8-10,18H,2-7H2,1H3,(H2,13,15,19). The van der Waals surface area contributed by atoms with Crippen molar-refractivity contribution in [3.63, 3.8) is 0 Å². The van der Waals surface area contributed by atoms with E-state index in [1.807, 2.05) is 0 Å². The van der Waals surface area contributed by atoms with Gasteiger partial charge in [0.25, 0.3) is 0 Å². The first-order valence-corrected chi connectivity index (χ1v) is 6.69. The van der Waals surface area contributed by atoms with Gasteiger partial charge in [-0.1, -0.05) is 12.8 Å². The van der Waals surface area contributed by atoms with Crippen LogP contribution >= 0.6 is 0 Å². The van der Waals surface area contributed by atoms with Gasteiger partial charge in [-0.15, -0.1) is 0 Å². The Hall–Kier alpha value is -1.63. The second-order valence-corrected chi connectivity index (χ2v) is 5.00. The third-order valence-electron chi connectivity index (χ3n) is 3.51. The highest BCUT2D eigenvalue weighted by Gasteiger charge is 2.25. The summed E-state index contributed by atoms with van der Waals surface area (Å²) in [6.07, 6.45) is 5.73. The minimum absolute atomic E-state index is 0.0652. The van der Waals surface area contributed by atoms with Crippen molar-refractivity contribution in [2.45, 2.75) is 38.3 Å². The number of aromatic nitrogens is 3. The molecule has 2 rings (SSSR count). The predicted molar refractivity (Wildman–Crippen MR) is 69.2 cm³/mol. The van der Waals surface area contributed by atoms with Crippen molar-refractivity contribution in [1.82, 2.24) is 25.4 Å². The lowest BCUT2D eigenvalue weighted by molar-refractivity contribution is 0.153. The lowest BCUT2D eigenvalue weighted by Gasteiger charge is -2.30. The second-order valence-electron chi connectivity index (χ2n) is 5.00. The van der Waals surface area contributed by atoms with E-state index in [9.17, 15) is 9.90 Å². The number of aliphatic hydroxyl groups excluding tert-OH is 1. The Morgan fingerprint density at radius 3 is 3.00 bits per heavy atom. The van der Waals surface area contributed by atoms with Crippen LogP contribution in [0.1, 0.15) is 31.5 Å². The summed E-state index contributed by atoms with van der Waals surface area (Å²) in [4.78, 5) is 15.8. The molecule has 1 aliphatic carbocycles. The number of carbonyl (C=O) groups excluding carboxylic acids is 1. The molecule has 1 heterocycles. The molecule has 3 N–H and O–H groups in total. The monoisotopic (exact) mass is 267 g/mol. The van der Waals surface area contributed by atoms with E-state index in [0.29, 0.717) is 12.4 Å². The van der Waals surface area contributed by atoms with Crippen LogP contribution in [-0.2, 0) is 13.6 Å². The van der Waals surface area contributed by atoms with Crippen molar-refractivity contribution in [3.8, 4) is 0 Å². The normalized spacial score (nSPS) is 23.1. The van der Waals surface area contributed by atoms with E-state index >= 15 is 0 Å². The quantitative estimate of drug-likeness (QED) is 0.725. The third kappa shape index (κ3) is 3.92. The SMILES string of the molecule is Cn1cnc(CNC(=O)NC2CCCCC2CO)n1. The van der Waals surface area contributed by atoms with Crippen LogP contribution in [0.15, 0.2) is 6.33 Å². The Labute approximate surface area is 112 Å². The molecule has 2 atom stereocenters. The summed E-state index contributed by atoms with van der Waals surface area (Å²) in [6, 6.07) is -0.159. The summed E-state index contributed by atoms with van der Waals surface area (Å²) in [6.45, 7) is 0.440. The number of hydrogen-bond acceptors (Lipinski definition) is 4. The van der Waals surface area contributed by atoms with Crippen molar-refractivity contribution >= 4 is 6.03 Å². The number of aliphatic hydroxyl groups is 1. The molecule has 1 aromatic rings. The molecule has 1 aromatic heterocycles. The van der Waals surface area contributed by atoms with Gasteiger partial charge in [-0.05, 0) is 12.8 Å². The summed E-state index contributed by atoms with van der Waals surface area (Å²) in [5.74, 6) is 0.757. The molecule has 2 amide bonds. The van der Waals surface area contributed by atoms with Crippen molar-refractivity contribution in [2.75, 3.05) is 6.61 Å². The molecule has 0 radical (unpaired) electrons. The van der Waals surface area contributed by atoms with Crippen LogP contribution in [0.25, 0.3) is 0 Å². The summed E-state index contributed by atoms with van der Waals surface area (Å²) in [7, 11) is 1.78. The van der Waals surface area contributed by atoms with Crippen LogP contribution in [0.5, 0.6) is 0 Å². The van der Waals surface area contributed by atoms with Gasteiger partial charge in [0.1, 0.15) is 6.33 Å². The summed E-state index contributed by atoms with van der Waals surface area (Å²) in [5, 5.41) is 19.0. The Kier molecular flexibility index (Phi) is 4.73. The molecular weight excluding hydrogens is 246 g/mol. The van der Waals surface area contributed by atoms with Crippen molar-refractivity contribution < 1.29 is 9.90 Å². The average molecular weight is 267 g/mol. The molecule has 7 heteroatoms. The molecule has 2 unspecified atom stereocenters. The number of carbonyl (C=O) groups is 1. The predicted octanol–water partition coefficient (Wildman–Crippen LogP) is 0.165. The minimum atomic E-state index is -0.224. The molecule has 0 spiro atoms. The number of hydrogen-bond donors (Lipinski definition) is 3. The van der Waals surface area contributed by atoms with Gasteiger partial charge in [0, 0.05) is 25.6 Å². The van der Waals surface area contributed by atoms with Gasteiger partial charge in [-0.3, -0.25) is 4.68 Å². The Morgan fingerprint density at radius 2 is 2.32 bits per heavy atom. The molecular formula is C12H21N5O2. The highest BCUT2D eigenvalue weighted by molar-refractivity contribution is 5.74. The fourth-order valence-electron chi connectivity index (χ4n) is 2.46. The number of aryl methyl sites for hydroxylation is 1. The van der Waals surface area contributed by atoms with Gasteiger partial charge >= 0.3 is 6.03 Å². The molecule has 0 saturated heterocycles. The molecule has 1 aliphatic rings. The number of rotatable bonds is 4. The van der Waals surface area contributed by atoms with E-state index < -0.39 is 0 Å². The highest BCUT2D eigenvalue weighted by atomic mass is 16.3.